The van der Waals surface area contributed by atoms with Crippen molar-refractivity contribution in [3.8, 4) is 0 Å². The monoisotopic (exact) mass is 814 g/mol. The van der Waals surface area contributed by atoms with Crippen LogP contribution in [0.25, 0.3) is 0 Å². The molecular weight excluding hydrogens is 753 g/mol. The van der Waals surface area contributed by atoms with Gasteiger partial charge in [0.2, 0.25) is 0 Å². The minimum Gasteiger partial charge on any atom is -0.461 e. The zero-order chi connectivity index (χ0) is 41.5. The molecule has 14 nitrogen and oxygen atoms in total. The van der Waals surface area contributed by atoms with Crippen molar-refractivity contribution in [2.45, 2.75) is 141 Å². The van der Waals surface area contributed by atoms with E-state index in [1.54, 1.807) is 22.3 Å². The summed E-state index contributed by atoms with van der Waals surface area (Å²) in [6, 6.07) is 13.1. The Balaban J connectivity index is 0.000000215. The number of nitrogen functional groups attached to an aromatic ring is 1. The number of carbonyl (C=O) groups excluding carboxylic acids is 2. The van der Waals surface area contributed by atoms with E-state index in [0.29, 0.717) is 31.0 Å². The maximum absolute atomic E-state index is 12.5. The molecule has 4 aliphatic heterocycles. The number of nitro groups is 1. The molecule has 16 heteroatoms. The molecule has 4 heterocycles. The summed E-state index contributed by atoms with van der Waals surface area (Å²) in [6.07, 6.45) is -0.933. The van der Waals surface area contributed by atoms with E-state index in [4.69, 9.17) is 33.7 Å². The molecule has 4 fully saturated rings. The topological polar surface area (TPSA) is 165 Å². The Hall–Kier alpha value is -3.23. The summed E-state index contributed by atoms with van der Waals surface area (Å²) < 4.78 is 23.7. The normalized spacial score (nSPS) is 28.4. The number of nitrogens with zero attached hydrogens (tertiary/aromatic N) is 3. The van der Waals surface area contributed by atoms with Gasteiger partial charge in [0, 0.05) is 17.8 Å². The van der Waals surface area contributed by atoms with E-state index in [-0.39, 0.29) is 70.5 Å². The van der Waals surface area contributed by atoms with Gasteiger partial charge in [0.25, 0.3) is 5.69 Å². The fourth-order valence-corrected chi connectivity index (χ4v) is 9.16. The number of anilines is 1. The van der Waals surface area contributed by atoms with Crippen LogP contribution in [0, 0.1) is 22.0 Å². The Morgan fingerprint density at radius 3 is 1.54 bits per heavy atom. The summed E-state index contributed by atoms with van der Waals surface area (Å²) in [6.45, 7) is 27.4. The number of benzene rings is 2. The fraction of sp³-hybridized carbons (Fsp3) is 0.650. The first-order valence-electron chi connectivity index (χ1n) is 19.5. The van der Waals surface area contributed by atoms with Crippen molar-refractivity contribution < 1.29 is 42.5 Å². The molecule has 0 saturated carbocycles. The lowest BCUT2D eigenvalue weighted by molar-refractivity contribution is -0.385. The summed E-state index contributed by atoms with van der Waals surface area (Å²) in [5, 5.41) is 14.6. The van der Waals surface area contributed by atoms with Crippen LogP contribution >= 0.6 is 0 Å². The van der Waals surface area contributed by atoms with Gasteiger partial charge in [0.15, 0.2) is 16.6 Å². The summed E-state index contributed by atoms with van der Waals surface area (Å²) in [4.78, 5) is 47.9. The summed E-state index contributed by atoms with van der Waals surface area (Å²) in [5.41, 5.74) is 8.31. The van der Waals surface area contributed by atoms with Crippen LogP contribution in [-0.2, 0) is 50.7 Å². The van der Waals surface area contributed by atoms with Crippen LogP contribution in [0.3, 0.4) is 0 Å². The summed E-state index contributed by atoms with van der Waals surface area (Å²) in [5.74, 6) is -0.691. The van der Waals surface area contributed by atoms with Crippen LogP contribution in [0.4, 0.5) is 11.4 Å². The van der Waals surface area contributed by atoms with Crippen molar-refractivity contribution in [3.05, 3.63) is 69.8 Å². The molecule has 0 aromatic heterocycles. The highest BCUT2D eigenvalue weighted by Crippen LogP contribution is 2.43. The maximum Gasteiger partial charge on any atom is 0.326 e. The second kappa shape index (κ2) is 16.6. The lowest BCUT2D eigenvalue weighted by Crippen LogP contribution is -2.44. The molecule has 2 N–H and O–H groups in total. The third-order valence-electron chi connectivity index (χ3n) is 12.5. The van der Waals surface area contributed by atoms with Gasteiger partial charge < -0.3 is 24.1 Å². The smallest absolute Gasteiger partial charge is 0.326 e. The van der Waals surface area contributed by atoms with E-state index >= 15 is 0 Å². The number of nitro benzene ring substituents is 1. The second-order valence-corrected chi connectivity index (χ2v) is 28.2. The highest BCUT2D eigenvalue weighted by atomic mass is 28.4. The average Bonchev–Trinajstić information content (AvgIpc) is 3.80. The van der Waals surface area contributed by atoms with Gasteiger partial charge in [-0.2, -0.15) is 10.1 Å². The van der Waals surface area contributed by atoms with E-state index in [1.807, 2.05) is 38.1 Å². The lowest BCUT2D eigenvalue weighted by Gasteiger charge is -2.37. The Labute approximate surface area is 333 Å². The zero-order valence-electron chi connectivity index (χ0n) is 35.1. The summed E-state index contributed by atoms with van der Waals surface area (Å²) >= 11 is 0. The van der Waals surface area contributed by atoms with Crippen molar-refractivity contribution in [1.29, 1.82) is 0 Å². The molecule has 4 saturated heterocycles. The Kier molecular flexibility index (Phi) is 13.0. The SMILES string of the molecule is C[C@@H]1OC(=O)[C@@H]2[C@H]1[C@H](CO[Si](C)(C)C(C)(C)C)ON2Cc1cccc(N)c1.C[C@@H]1OC(=O)[C@@H]2[C@H]1[C@H](CO[Si](C)(C)C(C)(C)C)ON2Cc1cccc([N+](=O)[O-])c1. The lowest BCUT2D eigenvalue weighted by atomic mass is 9.93. The van der Waals surface area contributed by atoms with Crippen molar-refractivity contribution in [2.24, 2.45) is 11.8 Å². The molecule has 2 aromatic carbocycles. The molecule has 0 aliphatic carbocycles. The van der Waals surface area contributed by atoms with Gasteiger partial charge in [-0.15, -0.1) is 0 Å². The predicted molar refractivity (Wildman–Crippen MR) is 217 cm³/mol. The van der Waals surface area contributed by atoms with E-state index in [1.165, 1.54) is 12.1 Å². The standard InChI is InChI=1S/C20H30N2O6Si.C20H32N2O4Si/c1-13-17-16(12-26-29(5,6)20(2,3)4)28-21(18(17)19(23)27-13)11-14-8-7-9-15(10-14)22(24)25;1-13-17-16(12-24-27(5,6)20(2,3)4)26-22(18(17)19(23)25-13)11-14-8-7-9-15(21)10-14/h7-10,13,16-18H,11-12H2,1-6H3;7-10,13,16-18H,11-12,21H2,1-6H3/t2*13-,16-,17+,18-/m00/s1. The first kappa shape index (κ1) is 43.9. The van der Waals surface area contributed by atoms with Gasteiger partial charge in [-0.05, 0) is 73.4 Å². The maximum atomic E-state index is 12.5. The number of cyclic esters (lactones) is 2. The van der Waals surface area contributed by atoms with Crippen molar-refractivity contribution in [1.82, 2.24) is 10.1 Å². The molecular formula is C40H62N4O10Si2. The molecule has 0 spiro atoms. The van der Waals surface area contributed by atoms with Gasteiger partial charge >= 0.3 is 11.9 Å². The second-order valence-electron chi connectivity index (χ2n) is 18.6. The van der Waals surface area contributed by atoms with Gasteiger partial charge in [0.05, 0.1) is 43.1 Å². The molecule has 6 rings (SSSR count). The number of rotatable bonds is 11. The quantitative estimate of drug-likeness (QED) is 0.0812. The van der Waals surface area contributed by atoms with Crippen LogP contribution in [0.15, 0.2) is 48.5 Å². The molecule has 310 valence electrons. The number of hydroxylamine groups is 4. The van der Waals surface area contributed by atoms with Gasteiger partial charge in [-0.3, -0.25) is 29.4 Å². The molecule has 56 heavy (non-hydrogen) atoms. The van der Waals surface area contributed by atoms with Gasteiger partial charge in [0.1, 0.15) is 36.5 Å². The third-order valence-corrected chi connectivity index (χ3v) is 21.5. The largest absolute Gasteiger partial charge is 0.461 e. The number of hydrogen-bond donors (Lipinski definition) is 1. The van der Waals surface area contributed by atoms with Crippen molar-refractivity contribution >= 4 is 39.9 Å². The number of hydrogen-bond acceptors (Lipinski definition) is 13. The van der Waals surface area contributed by atoms with E-state index < -0.39 is 33.6 Å². The predicted octanol–water partition coefficient (Wildman–Crippen LogP) is 7.00. The number of fused-ring (bicyclic) bond motifs is 2. The molecule has 0 radical (unpaired) electrons. The Morgan fingerprint density at radius 2 is 1.14 bits per heavy atom. The Bertz CT molecular complexity index is 1750. The summed E-state index contributed by atoms with van der Waals surface area (Å²) in [7, 11) is -3.87. The van der Waals surface area contributed by atoms with Crippen LogP contribution in [0.5, 0.6) is 0 Å². The van der Waals surface area contributed by atoms with E-state index in [2.05, 4.69) is 67.7 Å². The third kappa shape index (κ3) is 9.55. The van der Waals surface area contributed by atoms with Crippen LogP contribution in [0.2, 0.25) is 36.3 Å². The highest BCUT2D eigenvalue weighted by molar-refractivity contribution is 6.74. The van der Waals surface area contributed by atoms with Crippen molar-refractivity contribution in [3.63, 3.8) is 0 Å². The molecule has 0 amide bonds. The van der Waals surface area contributed by atoms with Crippen molar-refractivity contribution in [2.75, 3.05) is 18.9 Å². The molecule has 0 unspecified atom stereocenters. The minimum atomic E-state index is -1.97. The molecule has 2 aromatic rings. The average molecular weight is 815 g/mol. The first-order chi connectivity index (χ1) is 25.9. The minimum absolute atomic E-state index is 0.0124. The zero-order valence-corrected chi connectivity index (χ0v) is 37.1. The number of esters is 2. The van der Waals surface area contributed by atoms with Crippen LogP contribution in [-0.4, -0.2) is 93.3 Å². The van der Waals surface area contributed by atoms with Gasteiger partial charge in [-0.25, -0.2) is 0 Å². The van der Waals surface area contributed by atoms with Crippen LogP contribution < -0.4 is 5.73 Å². The molecule has 4 aliphatic rings. The van der Waals surface area contributed by atoms with E-state index in [0.717, 1.165) is 5.56 Å². The molecule has 8 atom stereocenters. The number of ether oxygens (including phenoxy) is 2. The fourth-order valence-electron chi connectivity index (χ4n) is 7.13. The molecule has 0 bridgehead atoms. The number of nitrogens with two attached hydrogens (primary N) is 1. The van der Waals surface area contributed by atoms with E-state index in [9.17, 15) is 19.7 Å². The number of non-ortho nitro benzene ring substituents is 1. The first-order valence-corrected chi connectivity index (χ1v) is 25.4. The number of carbonyl (C=O) groups is 2. The highest BCUT2D eigenvalue weighted by Gasteiger charge is 2.58. The van der Waals surface area contributed by atoms with Gasteiger partial charge in [-0.1, -0.05) is 65.8 Å². The Morgan fingerprint density at radius 1 is 0.732 bits per heavy atom. The van der Waals surface area contributed by atoms with Crippen LogP contribution in [0.1, 0.15) is 66.5 Å².